The predicted octanol–water partition coefficient (Wildman–Crippen LogP) is 22.8. The summed E-state index contributed by atoms with van der Waals surface area (Å²) in [7, 11) is -45.2. The van der Waals surface area contributed by atoms with Crippen molar-refractivity contribution in [3.63, 3.8) is 0 Å². The first-order valence-corrected chi connectivity index (χ1v) is 77.1. The molecular formula is C82H140ClO31P7Si10+2. The highest BCUT2D eigenvalue weighted by Gasteiger charge is 2.62. The third-order valence-electron chi connectivity index (χ3n) is 15.9. The maximum absolute atomic E-state index is 14.6. The molecule has 1 fully saturated rings. The van der Waals surface area contributed by atoms with Crippen molar-refractivity contribution in [3.8, 4) is 0 Å². The number of halogens is 1. The molecule has 0 spiro atoms. The number of hydrogen-bond acceptors (Lipinski definition) is 31. The van der Waals surface area contributed by atoms with Gasteiger partial charge in [0.25, 0.3) is 8.32 Å². The minimum absolute atomic E-state index is 0. The van der Waals surface area contributed by atoms with E-state index < -0.39 is 152 Å². The molecule has 0 bridgehead atoms. The van der Waals surface area contributed by atoms with Crippen molar-refractivity contribution in [2.24, 2.45) is 0 Å². The molecule has 31 nitrogen and oxygen atoms in total. The van der Waals surface area contributed by atoms with Gasteiger partial charge in [0.15, 0.2) is 8.32 Å². The Labute approximate surface area is 796 Å². The molecular weight excluding hydrogens is 2010 g/mol. The molecule has 0 amide bonds. The average Bonchev–Trinajstić information content (AvgIpc) is 0.719. The molecule has 1 aliphatic heterocycles. The Kier molecular flexibility index (Phi) is 56.6. The summed E-state index contributed by atoms with van der Waals surface area (Å²) >= 11 is 5.58. The van der Waals surface area contributed by atoms with E-state index >= 15 is 0 Å². The zero-order chi connectivity index (χ0) is 96.3. The zero-order valence-electron chi connectivity index (χ0n) is 76.3. The highest BCUT2D eigenvalue weighted by atomic mass is 35.5. The predicted molar refractivity (Wildman–Crippen MR) is 552 cm³/mol. The second kappa shape index (κ2) is 57.7. The van der Waals surface area contributed by atoms with E-state index in [1.165, 1.54) is 73.4 Å². The molecule has 1 aliphatic rings. The Bertz CT molecular complexity index is 4600. The number of ether oxygens (including phenoxy) is 1. The summed E-state index contributed by atoms with van der Waals surface area (Å²) < 4.78 is 197. The van der Waals surface area contributed by atoms with Crippen LogP contribution < -0.4 is 36.5 Å². The van der Waals surface area contributed by atoms with Crippen LogP contribution in [0.2, 0.25) is 111 Å². The fraction of sp³-hybridized carbons (Fsp3) is 0.390. The van der Waals surface area contributed by atoms with Crippen LogP contribution in [0.4, 0.5) is 9.59 Å². The van der Waals surface area contributed by atoms with Gasteiger partial charge in [0.05, 0.1) is 38.1 Å². The molecule has 0 aromatic heterocycles. The van der Waals surface area contributed by atoms with Crippen molar-refractivity contribution in [2.75, 3.05) is 54.2 Å². The molecule has 0 aliphatic carbocycles. The van der Waals surface area contributed by atoms with E-state index in [0.29, 0.717) is 38.0 Å². The van der Waals surface area contributed by atoms with Crippen molar-refractivity contribution < 1.29 is 138 Å². The lowest BCUT2D eigenvalue weighted by Crippen LogP contribution is -2.67. The molecule has 1 saturated heterocycles. The molecule has 2 N–H and O–H groups in total. The van der Waals surface area contributed by atoms with Gasteiger partial charge in [0.2, 0.25) is 0 Å². The van der Waals surface area contributed by atoms with Gasteiger partial charge in [-0.1, -0.05) is 251 Å². The van der Waals surface area contributed by atoms with E-state index in [9.17, 15) is 51.1 Å². The number of methoxy groups -OCH3 is 1. The quantitative estimate of drug-likeness (QED) is 0.0120. The molecule has 734 valence electrons. The summed E-state index contributed by atoms with van der Waals surface area (Å²) in [5.74, 6) is 2.60. The lowest BCUT2D eigenvalue weighted by molar-refractivity contribution is 0.0969. The van der Waals surface area contributed by atoms with Gasteiger partial charge in [-0.2, -0.15) is 0 Å². The number of unbranched alkanes of at least 4 members (excludes halogenated alkanes) is 1. The van der Waals surface area contributed by atoms with Crippen molar-refractivity contribution in [1.29, 1.82) is 0 Å². The summed E-state index contributed by atoms with van der Waals surface area (Å²) in [6.07, 6.45) is 2.27. The number of alkyl halides is 1. The van der Waals surface area contributed by atoms with Crippen LogP contribution in [0.3, 0.4) is 0 Å². The first-order valence-electron chi connectivity index (χ1n) is 39.4. The molecule has 4 atom stereocenters. The Balaban J connectivity index is 0. The molecule has 1 heterocycles. The fourth-order valence-electron chi connectivity index (χ4n) is 10.8. The highest BCUT2D eigenvalue weighted by molar-refractivity contribution is 7.66. The zero-order valence-corrected chi connectivity index (χ0v) is 93.3. The van der Waals surface area contributed by atoms with E-state index in [2.05, 4.69) is 60.1 Å². The van der Waals surface area contributed by atoms with Gasteiger partial charge >= 0.3 is 135 Å². The summed E-state index contributed by atoms with van der Waals surface area (Å²) in [6.45, 7) is 43.9. The van der Waals surface area contributed by atoms with Crippen LogP contribution in [0, 0.1) is 0 Å². The van der Waals surface area contributed by atoms with Crippen LogP contribution in [0.5, 0.6) is 0 Å². The van der Waals surface area contributed by atoms with E-state index in [1.807, 2.05) is 155 Å². The topological polar surface area (TPSA) is 379 Å². The SMILES string of the molecule is C.C.C.C.C=CP1(=O)O[Si](c2ccccc2)(c2ccccc2)OP(=O)(C=C)O[Si](c2ccccc2)(c2ccccc2)O1.C=Cc1ccc(P(=O)(OC)O[Si](C)(C)OCCCC)cc1.COC(=O)O[Si](C)(C)OC(=O)O[Si](C)(C)c1ccccc1.COP(=O)(CCCl)O[Si](C)(C)O[Si](C)(C)C.CO[P+](=O)O[Si](C)(C)O[P+](=O)OC.C[Si](C)(O)OP(=O)(O[Si](C)(C)O)c1ccccc1. The van der Waals surface area contributed by atoms with Crippen LogP contribution in [-0.2, 0) is 119 Å². The number of benzene rings is 7. The van der Waals surface area contributed by atoms with E-state index in [4.69, 9.17) is 84.6 Å². The highest BCUT2D eigenvalue weighted by Crippen LogP contribution is 2.64. The molecule has 49 heteroatoms. The number of hydrogen-bond donors (Lipinski definition) is 2. The van der Waals surface area contributed by atoms with E-state index in [-0.39, 0.29) is 41.7 Å². The smallest absolute Gasteiger partial charge is 0.486 e. The van der Waals surface area contributed by atoms with Crippen molar-refractivity contribution in [2.45, 2.75) is 161 Å². The standard InChI is InChI=1S/C28H26O6P2Si2.C15H25O4PSi.C13H20O6Si2.C10H19O5PSi2.C8H22ClO4PSi2.C4H12O6P2Si.4CH4/c1-3-35(29)31-37(25-17-9-5-10-18-25,26-19-11-6-12-20-26)33-36(30,4-2)34-38(32-35,27-21-13-7-14-22-27)28-23-15-8-16-24-28;1-6-8-13-18-21(4,5)19-20(16,17-3)15-11-9-14(7-2)10-12-15;1-16-12(14)18-21(4,5)19-13(15)17-20(2,3)11-9-7-6-8-10-11;1-17(2,12)14-16(11,15-18(3,4)13)10-8-6-5-7-9-10;1-11-14(10,8-7-9)12-16(5,6)13-15(2,3)4;1-7-11(5)9-13(3,4)10-12(6)8-2;;;;/h3-24H,1-2H2;7,9-12H,2,6,8,13H2,1,3-5H3;6-10H,1-5H3;5-9,12-13H,1-4H3;7-8H2,1-6H3;1-4H3;4*1H4/q;;;;;+2;;;;. The Hall–Kier alpha value is -4.61. The van der Waals surface area contributed by atoms with Crippen LogP contribution in [0.15, 0.2) is 238 Å². The second-order valence-corrected chi connectivity index (χ2v) is 80.1. The Morgan fingerprint density at radius 1 is 0.458 bits per heavy atom. The normalized spacial score (nSPS) is 16.7. The number of carbonyl (C=O) groups excluding carboxylic acids is 2. The molecule has 7 aromatic carbocycles. The van der Waals surface area contributed by atoms with Gasteiger partial charge < -0.3 is 78.9 Å². The van der Waals surface area contributed by atoms with Gasteiger partial charge in [0, 0.05) is 60.6 Å². The third-order valence-corrected chi connectivity index (χ3v) is 58.9. The summed E-state index contributed by atoms with van der Waals surface area (Å²) in [5, 5.41) is 4.17. The molecule has 0 saturated carbocycles. The molecule has 4 unspecified atom stereocenters. The molecule has 7 aromatic rings. The van der Waals surface area contributed by atoms with Crippen LogP contribution in [0.1, 0.15) is 55.0 Å². The summed E-state index contributed by atoms with van der Waals surface area (Å²) in [4.78, 5) is 42.6. The minimum atomic E-state index is -4.16. The minimum Gasteiger partial charge on any atom is -0.486 e. The maximum Gasteiger partial charge on any atom is 0.688 e. The Morgan fingerprint density at radius 2 is 0.809 bits per heavy atom. The largest absolute Gasteiger partial charge is 0.688 e. The van der Waals surface area contributed by atoms with Crippen LogP contribution >= 0.6 is 66.1 Å². The fourth-order valence-corrected chi connectivity index (χ4v) is 54.6. The van der Waals surface area contributed by atoms with Crippen LogP contribution in [-0.4, -0.2) is 161 Å². The van der Waals surface area contributed by atoms with E-state index in [1.54, 1.807) is 123 Å². The lowest BCUT2D eigenvalue weighted by atomic mass is 10.2. The number of carbonyl (C=O) groups is 2. The summed E-state index contributed by atoms with van der Waals surface area (Å²) in [5.41, 5.74) is 0.956. The van der Waals surface area contributed by atoms with Gasteiger partial charge in [-0.15, -0.1) is 29.1 Å². The maximum atomic E-state index is 14.6. The Morgan fingerprint density at radius 3 is 1.11 bits per heavy atom. The van der Waals surface area contributed by atoms with Crippen molar-refractivity contribution >= 4 is 206 Å². The first kappa shape index (κ1) is 128. The van der Waals surface area contributed by atoms with Gasteiger partial charge in [-0.05, 0) is 160 Å². The van der Waals surface area contributed by atoms with Crippen LogP contribution in [0.25, 0.3) is 6.08 Å². The summed E-state index contributed by atoms with van der Waals surface area (Å²) in [6, 6.07) is 61.2. The number of rotatable bonds is 37. The molecule has 131 heavy (non-hydrogen) atoms. The van der Waals surface area contributed by atoms with Gasteiger partial charge in [-0.3, -0.25) is 22.8 Å². The third kappa shape index (κ3) is 45.7. The van der Waals surface area contributed by atoms with Gasteiger partial charge in [0.1, 0.15) is 0 Å². The van der Waals surface area contributed by atoms with E-state index in [0.717, 1.165) is 23.6 Å². The van der Waals surface area contributed by atoms with Gasteiger partial charge in [-0.25, -0.2) is 9.59 Å². The molecule has 0 radical (unpaired) electrons. The lowest BCUT2D eigenvalue weighted by Gasteiger charge is -2.43. The van der Waals surface area contributed by atoms with Crippen molar-refractivity contribution in [1.82, 2.24) is 0 Å². The second-order valence-electron chi connectivity index (χ2n) is 31.2. The average molecular weight is 2160 g/mol. The monoisotopic (exact) mass is 2150 g/mol. The first-order chi connectivity index (χ1) is 58.9. The molecule has 8 rings (SSSR count). The van der Waals surface area contributed by atoms with Crippen molar-refractivity contribution in [3.05, 3.63) is 243 Å².